The second-order valence-electron chi connectivity index (χ2n) is 7.09. The minimum absolute atomic E-state index is 0.0143. The molecule has 0 aliphatic carbocycles. The molecule has 1 aromatic carbocycles. The summed E-state index contributed by atoms with van der Waals surface area (Å²) in [4.78, 5) is 32.4. The van der Waals surface area contributed by atoms with E-state index < -0.39 is 0 Å². The van der Waals surface area contributed by atoms with Crippen molar-refractivity contribution in [2.45, 2.75) is 51.7 Å². The van der Waals surface area contributed by atoms with Crippen LogP contribution in [0.15, 0.2) is 41.5 Å². The lowest BCUT2D eigenvalue weighted by molar-refractivity contribution is 0.0933. The lowest BCUT2D eigenvalue weighted by Gasteiger charge is -2.16. The van der Waals surface area contributed by atoms with Gasteiger partial charge in [-0.15, -0.1) is 0 Å². The molecule has 1 unspecified atom stereocenters. The van der Waals surface area contributed by atoms with Crippen LogP contribution in [0.25, 0.3) is 11.4 Å². The van der Waals surface area contributed by atoms with Crippen molar-refractivity contribution in [3.05, 3.63) is 58.5 Å². The molecule has 146 valence electrons. The zero-order valence-corrected chi connectivity index (χ0v) is 15.9. The van der Waals surface area contributed by atoms with E-state index in [0.717, 1.165) is 30.1 Å². The van der Waals surface area contributed by atoms with Crippen LogP contribution in [-0.4, -0.2) is 36.3 Å². The number of carbonyl (C=O) groups excluding carboxylic acids is 1. The van der Waals surface area contributed by atoms with Gasteiger partial charge in [0.05, 0.1) is 0 Å². The summed E-state index contributed by atoms with van der Waals surface area (Å²) in [7, 11) is 0. The highest BCUT2D eigenvalue weighted by atomic mass is 16.2. The second kappa shape index (κ2) is 7.84. The molecular formula is C20H24N6O2. The zero-order chi connectivity index (χ0) is 19.5. The molecule has 0 spiro atoms. The van der Waals surface area contributed by atoms with Gasteiger partial charge in [-0.2, -0.15) is 5.10 Å². The monoisotopic (exact) mass is 380 g/mol. The minimum atomic E-state index is -0.110. The molecule has 0 saturated carbocycles. The first-order valence-electron chi connectivity index (χ1n) is 9.73. The lowest BCUT2D eigenvalue weighted by Crippen LogP contribution is -2.35. The number of hydrogen-bond acceptors (Lipinski definition) is 4. The lowest BCUT2D eigenvalue weighted by atomic mass is 10.1. The number of H-pyrrole nitrogens is 1. The van der Waals surface area contributed by atoms with Gasteiger partial charge >= 0.3 is 5.69 Å². The van der Waals surface area contributed by atoms with Crippen LogP contribution in [0.1, 0.15) is 42.4 Å². The summed E-state index contributed by atoms with van der Waals surface area (Å²) in [5.74, 6) is 1.44. The average Bonchev–Trinajstić information content (AvgIpc) is 3.29. The van der Waals surface area contributed by atoms with Gasteiger partial charge in [-0.05, 0) is 31.4 Å². The SMILES string of the molecule is CCCn1nc2n(c1=O)CCC(NC(=O)c1cccc(-c3ncc[nH]3)c1)CC2. The standard InChI is InChI=1S/C20H24N6O2/c1-2-11-26-20(28)25-12-8-16(6-7-17(25)24-26)23-19(27)15-5-3-4-14(13-15)18-21-9-10-22-18/h3-5,9-10,13,16H,2,6-8,11-12H2,1H3,(H,21,22)(H,23,27). The Kier molecular flexibility index (Phi) is 5.10. The summed E-state index contributed by atoms with van der Waals surface area (Å²) in [5.41, 5.74) is 1.42. The van der Waals surface area contributed by atoms with Gasteiger partial charge in [-0.3, -0.25) is 9.36 Å². The topological polar surface area (TPSA) is 97.6 Å². The molecule has 1 atom stereocenters. The molecule has 4 rings (SSSR count). The van der Waals surface area contributed by atoms with Crippen molar-refractivity contribution >= 4 is 5.91 Å². The summed E-state index contributed by atoms with van der Waals surface area (Å²) in [5, 5.41) is 7.57. The van der Waals surface area contributed by atoms with E-state index in [1.54, 1.807) is 27.7 Å². The van der Waals surface area contributed by atoms with Crippen molar-refractivity contribution < 1.29 is 4.79 Å². The van der Waals surface area contributed by atoms with E-state index in [9.17, 15) is 9.59 Å². The first-order valence-corrected chi connectivity index (χ1v) is 9.73. The van der Waals surface area contributed by atoms with Gasteiger partial charge in [0, 0.05) is 49.1 Å². The maximum atomic E-state index is 12.7. The summed E-state index contributed by atoms with van der Waals surface area (Å²) >= 11 is 0. The highest BCUT2D eigenvalue weighted by Crippen LogP contribution is 2.17. The second-order valence-corrected chi connectivity index (χ2v) is 7.09. The van der Waals surface area contributed by atoms with Crippen molar-refractivity contribution in [1.82, 2.24) is 29.6 Å². The van der Waals surface area contributed by atoms with Crippen LogP contribution < -0.4 is 11.0 Å². The maximum absolute atomic E-state index is 12.7. The molecule has 1 amide bonds. The van der Waals surface area contributed by atoms with Gasteiger partial charge in [0.1, 0.15) is 11.6 Å². The number of aromatic amines is 1. The minimum Gasteiger partial charge on any atom is -0.349 e. The van der Waals surface area contributed by atoms with Gasteiger partial charge in [-0.1, -0.05) is 19.1 Å². The third-order valence-electron chi connectivity index (χ3n) is 5.08. The molecule has 0 fully saturated rings. The number of aryl methyl sites for hydroxylation is 2. The Labute approximate surface area is 162 Å². The molecule has 1 aliphatic rings. The van der Waals surface area contributed by atoms with Crippen molar-refractivity contribution in [2.75, 3.05) is 0 Å². The molecular weight excluding hydrogens is 356 g/mol. The number of benzene rings is 1. The Morgan fingerprint density at radius 3 is 3.04 bits per heavy atom. The smallest absolute Gasteiger partial charge is 0.345 e. The average molecular weight is 380 g/mol. The predicted octanol–water partition coefficient (Wildman–Crippen LogP) is 1.98. The summed E-state index contributed by atoms with van der Waals surface area (Å²) in [6, 6.07) is 7.42. The molecule has 2 aromatic heterocycles. The largest absolute Gasteiger partial charge is 0.349 e. The van der Waals surface area contributed by atoms with Gasteiger partial charge in [0.15, 0.2) is 0 Å². The summed E-state index contributed by atoms with van der Waals surface area (Å²) in [6.45, 7) is 3.25. The van der Waals surface area contributed by atoms with E-state index in [1.165, 1.54) is 0 Å². The number of carbonyl (C=O) groups is 1. The zero-order valence-electron chi connectivity index (χ0n) is 15.9. The van der Waals surface area contributed by atoms with Crippen LogP contribution in [0.5, 0.6) is 0 Å². The molecule has 3 aromatic rings. The number of amides is 1. The Hall–Kier alpha value is -3.16. The summed E-state index contributed by atoms with van der Waals surface area (Å²) < 4.78 is 3.30. The van der Waals surface area contributed by atoms with Gasteiger partial charge in [0.25, 0.3) is 5.91 Å². The van der Waals surface area contributed by atoms with Crippen molar-refractivity contribution in [2.24, 2.45) is 0 Å². The van der Waals surface area contributed by atoms with Crippen LogP contribution in [0.2, 0.25) is 0 Å². The number of aromatic nitrogens is 5. The van der Waals surface area contributed by atoms with E-state index >= 15 is 0 Å². The molecule has 0 radical (unpaired) electrons. The molecule has 28 heavy (non-hydrogen) atoms. The van der Waals surface area contributed by atoms with E-state index in [4.69, 9.17) is 0 Å². The molecule has 0 saturated heterocycles. The fourth-order valence-electron chi connectivity index (χ4n) is 3.63. The quantitative estimate of drug-likeness (QED) is 0.707. The Morgan fingerprint density at radius 1 is 1.36 bits per heavy atom. The molecule has 1 aliphatic heterocycles. The fraction of sp³-hybridized carbons (Fsp3) is 0.400. The van der Waals surface area contributed by atoms with Gasteiger partial charge < -0.3 is 10.3 Å². The number of nitrogens with zero attached hydrogens (tertiary/aromatic N) is 4. The molecule has 8 heteroatoms. The van der Waals surface area contributed by atoms with E-state index in [2.05, 4.69) is 20.4 Å². The number of nitrogens with one attached hydrogen (secondary N) is 2. The van der Waals surface area contributed by atoms with E-state index in [0.29, 0.717) is 31.5 Å². The van der Waals surface area contributed by atoms with Gasteiger partial charge in [-0.25, -0.2) is 14.5 Å². The van der Waals surface area contributed by atoms with Crippen molar-refractivity contribution in [3.8, 4) is 11.4 Å². The maximum Gasteiger partial charge on any atom is 0.345 e. The predicted molar refractivity (Wildman–Crippen MR) is 105 cm³/mol. The molecule has 0 bridgehead atoms. The van der Waals surface area contributed by atoms with E-state index in [-0.39, 0.29) is 17.6 Å². The normalized spacial score (nSPS) is 16.4. The highest BCUT2D eigenvalue weighted by molar-refractivity contribution is 5.95. The molecule has 3 heterocycles. The van der Waals surface area contributed by atoms with Crippen LogP contribution >= 0.6 is 0 Å². The Morgan fingerprint density at radius 2 is 2.25 bits per heavy atom. The van der Waals surface area contributed by atoms with Crippen molar-refractivity contribution in [1.29, 1.82) is 0 Å². The molecule has 2 N–H and O–H groups in total. The first-order chi connectivity index (χ1) is 13.7. The Balaban J connectivity index is 1.43. The number of hydrogen-bond donors (Lipinski definition) is 2. The van der Waals surface area contributed by atoms with Crippen molar-refractivity contribution in [3.63, 3.8) is 0 Å². The third-order valence-corrected chi connectivity index (χ3v) is 5.08. The first kappa shape index (κ1) is 18.2. The Bertz CT molecular complexity index is 1020. The summed E-state index contributed by atoms with van der Waals surface area (Å²) in [6.07, 6.45) is 6.49. The van der Waals surface area contributed by atoms with Gasteiger partial charge in [0.2, 0.25) is 0 Å². The molecule has 8 nitrogen and oxygen atoms in total. The van der Waals surface area contributed by atoms with Crippen LogP contribution in [0.3, 0.4) is 0 Å². The number of imidazole rings is 1. The van der Waals surface area contributed by atoms with E-state index in [1.807, 2.05) is 25.1 Å². The number of fused-ring (bicyclic) bond motifs is 1. The van der Waals surface area contributed by atoms with Crippen LogP contribution in [0, 0.1) is 0 Å². The van der Waals surface area contributed by atoms with Crippen LogP contribution in [0.4, 0.5) is 0 Å². The highest BCUT2D eigenvalue weighted by Gasteiger charge is 2.22. The number of rotatable bonds is 5. The van der Waals surface area contributed by atoms with Crippen LogP contribution in [-0.2, 0) is 19.5 Å². The fourth-order valence-corrected chi connectivity index (χ4v) is 3.63. The third kappa shape index (κ3) is 3.62.